The molecule has 0 spiro atoms. The summed E-state index contributed by atoms with van der Waals surface area (Å²) in [7, 11) is 0. The lowest BCUT2D eigenvalue weighted by Gasteiger charge is -2.09. The number of nitrogens with zero attached hydrogens (tertiary/aromatic N) is 1. The predicted molar refractivity (Wildman–Crippen MR) is 52.0 cm³/mol. The molecule has 9 heteroatoms. The van der Waals surface area contributed by atoms with Gasteiger partial charge >= 0.3 is 6.18 Å². The van der Waals surface area contributed by atoms with Gasteiger partial charge in [-0.05, 0) is 6.07 Å². The SMILES string of the molecule is NC(=O)c1cc(C(F)(F)F)cc([N+](=O)[O-])c1C=O. The summed E-state index contributed by atoms with van der Waals surface area (Å²) in [5, 5.41) is 10.6. The summed E-state index contributed by atoms with van der Waals surface area (Å²) in [5.41, 5.74) is 0.625. The van der Waals surface area contributed by atoms with E-state index >= 15 is 0 Å². The van der Waals surface area contributed by atoms with Crippen molar-refractivity contribution >= 4 is 17.9 Å². The van der Waals surface area contributed by atoms with Crippen molar-refractivity contribution in [3.05, 3.63) is 38.9 Å². The van der Waals surface area contributed by atoms with Crippen LogP contribution in [0.4, 0.5) is 18.9 Å². The minimum Gasteiger partial charge on any atom is -0.366 e. The number of carbonyl (C=O) groups excluding carboxylic acids is 2. The highest BCUT2D eigenvalue weighted by Crippen LogP contribution is 2.34. The summed E-state index contributed by atoms with van der Waals surface area (Å²) in [6.07, 6.45) is -4.98. The van der Waals surface area contributed by atoms with Crippen LogP contribution < -0.4 is 5.73 Å². The molecule has 0 aliphatic carbocycles. The van der Waals surface area contributed by atoms with Gasteiger partial charge in [-0.2, -0.15) is 13.2 Å². The zero-order valence-electron chi connectivity index (χ0n) is 8.52. The molecule has 1 rings (SSSR count). The number of hydrogen-bond acceptors (Lipinski definition) is 4. The Morgan fingerprint density at radius 2 is 1.94 bits per heavy atom. The Labute approximate surface area is 97.3 Å². The number of hydrogen-bond donors (Lipinski definition) is 1. The first kappa shape index (κ1) is 13.6. The van der Waals surface area contributed by atoms with E-state index in [2.05, 4.69) is 0 Å². The van der Waals surface area contributed by atoms with Gasteiger partial charge in [0.15, 0.2) is 6.29 Å². The molecule has 96 valence electrons. The number of halogens is 3. The van der Waals surface area contributed by atoms with Crippen LogP contribution in [-0.4, -0.2) is 17.1 Å². The number of nitro groups is 1. The van der Waals surface area contributed by atoms with Gasteiger partial charge < -0.3 is 5.73 Å². The Morgan fingerprint density at radius 1 is 1.39 bits per heavy atom. The Hall–Kier alpha value is -2.45. The molecular weight excluding hydrogens is 257 g/mol. The van der Waals surface area contributed by atoms with Gasteiger partial charge in [0.25, 0.3) is 5.69 Å². The van der Waals surface area contributed by atoms with Crippen molar-refractivity contribution in [2.45, 2.75) is 6.18 Å². The lowest BCUT2D eigenvalue weighted by atomic mass is 10.0. The molecule has 0 bridgehead atoms. The van der Waals surface area contributed by atoms with Gasteiger partial charge in [-0.1, -0.05) is 0 Å². The van der Waals surface area contributed by atoms with E-state index < -0.39 is 39.4 Å². The van der Waals surface area contributed by atoms with E-state index in [-0.39, 0.29) is 12.4 Å². The standard InChI is InChI=1S/C9H5F3N2O4/c10-9(11,12)4-1-5(8(13)16)6(3-15)7(2-4)14(17)18/h1-3H,(H2,13,16). The van der Waals surface area contributed by atoms with Gasteiger partial charge in [0.2, 0.25) is 5.91 Å². The fourth-order valence-electron chi connectivity index (χ4n) is 1.28. The van der Waals surface area contributed by atoms with Crippen LogP contribution in [0.25, 0.3) is 0 Å². The lowest BCUT2D eigenvalue weighted by molar-refractivity contribution is -0.385. The molecule has 0 saturated carbocycles. The molecule has 0 fully saturated rings. The Kier molecular flexibility index (Phi) is 3.35. The number of alkyl halides is 3. The van der Waals surface area contributed by atoms with Crippen LogP contribution >= 0.6 is 0 Å². The number of aldehydes is 1. The molecule has 6 nitrogen and oxygen atoms in total. The van der Waals surface area contributed by atoms with E-state index in [1.807, 2.05) is 0 Å². The Balaban J connectivity index is 3.70. The molecule has 2 N–H and O–H groups in total. The molecule has 0 unspecified atom stereocenters. The third kappa shape index (κ3) is 2.44. The smallest absolute Gasteiger partial charge is 0.366 e. The average molecular weight is 262 g/mol. The van der Waals surface area contributed by atoms with Gasteiger partial charge in [0.05, 0.1) is 16.1 Å². The monoisotopic (exact) mass is 262 g/mol. The molecule has 1 amide bonds. The van der Waals surface area contributed by atoms with E-state index in [4.69, 9.17) is 5.73 Å². The second-order valence-electron chi connectivity index (χ2n) is 3.19. The maximum Gasteiger partial charge on any atom is 0.416 e. The first-order valence-electron chi connectivity index (χ1n) is 4.33. The first-order chi connectivity index (χ1) is 8.18. The van der Waals surface area contributed by atoms with Crippen molar-refractivity contribution in [3.63, 3.8) is 0 Å². The van der Waals surface area contributed by atoms with E-state index in [0.717, 1.165) is 0 Å². The van der Waals surface area contributed by atoms with Gasteiger partial charge in [-0.3, -0.25) is 19.7 Å². The van der Waals surface area contributed by atoms with E-state index in [1.54, 1.807) is 0 Å². The summed E-state index contributed by atoms with van der Waals surface area (Å²) in [6.45, 7) is 0. The number of carbonyl (C=O) groups is 2. The molecule has 0 aliphatic heterocycles. The molecule has 0 aliphatic rings. The summed E-state index contributed by atoms with van der Waals surface area (Å²) in [5.74, 6) is -1.36. The first-order valence-corrected chi connectivity index (χ1v) is 4.33. The number of benzene rings is 1. The van der Waals surface area contributed by atoms with Crippen LogP contribution in [0.1, 0.15) is 26.3 Å². The van der Waals surface area contributed by atoms with E-state index in [9.17, 15) is 32.9 Å². The topological polar surface area (TPSA) is 103 Å². The molecule has 0 radical (unpaired) electrons. The summed E-state index contributed by atoms with van der Waals surface area (Å²) in [6, 6.07) is 0.481. The Bertz CT molecular complexity index is 504. The largest absolute Gasteiger partial charge is 0.416 e. The normalized spacial score (nSPS) is 11.1. The maximum absolute atomic E-state index is 12.4. The van der Waals surface area contributed by atoms with Crippen molar-refractivity contribution in [1.82, 2.24) is 0 Å². The van der Waals surface area contributed by atoms with Crippen molar-refractivity contribution in [1.29, 1.82) is 0 Å². The third-order valence-electron chi connectivity index (χ3n) is 2.07. The Morgan fingerprint density at radius 3 is 2.28 bits per heavy atom. The lowest BCUT2D eigenvalue weighted by Crippen LogP contribution is -2.17. The molecule has 18 heavy (non-hydrogen) atoms. The number of primary amides is 1. The predicted octanol–water partition coefficient (Wildman–Crippen LogP) is 1.52. The van der Waals surface area contributed by atoms with Crippen molar-refractivity contribution < 1.29 is 27.7 Å². The third-order valence-corrected chi connectivity index (χ3v) is 2.07. The van der Waals surface area contributed by atoms with E-state index in [1.165, 1.54) is 0 Å². The average Bonchev–Trinajstić information content (AvgIpc) is 2.25. The van der Waals surface area contributed by atoms with Gasteiger partial charge in [-0.15, -0.1) is 0 Å². The molecule has 0 saturated heterocycles. The minimum absolute atomic E-state index is 0.0849. The van der Waals surface area contributed by atoms with Gasteiger partial charge in [-0.25, -0.2) is 0 Å². The van der Waals surface area contributed by atoms with Crippen molar-refractivity contribution in [3.8, 4) is 0 Å². The fraction of sp³-hybridized carbons (Fsp3) is 0.111. The molecular formula is C9H5F3N2O4. The van der Waals surface area contributed by atoms with Gasteiger partial charge in [0, 0.05) is 6.07 Å². The number of amides is 1. The van der Waals surface area contributed by atoms with Crippen molar-refractivity contribution in [2.75, 3.05) is 0 Å². The quantitative estimate of drug-likeness (QED) is 0.506. The number of nitro benzene ring substituents is 1. The van der Waals surface area contributed by atoms with Gasteiger partial charge in [0.1, 0.15) is 5.56 Å². The summed E-state index contributed by atoms with van der Waals surface area (Å²) in [4.78, 5) is 30.9. The number of rotatable bonds is 3. The highest BCUT2D eigenvalue weighted by molar-refractivity contribution is 6.03. The van der Waals surface area contributed by atoms with Crippen LogP contribution in [0.3, 0.4) is 0 Å². The number of nitrogens with two attached hydrogens (primary N) is 1. The summed E-state index contributed by atoms with van der Waals surface area (Å²) < 4.78 is 37.3. The zero-order valence-corrected chi connectivity index (χ0v) is 8.52. The second-order valence-corrected chi connectivity index (χ2v) is 3.19. The van der Waals surface area contributed by atoms with Crippen LogP contribution in [0, 0.1) is 10.1 Å². The second kappa shape index (κ2) is 4.43. The fourth-order valence-corrected chi connectivity index (χ4v) is 1.28. The van der Waals surface area contributed by atoms with Crippen LogP contribution in [0.2, 0.25) is 0 Å². The highest BCUT2D eigenvalue weighted by Gasteiger charge is 2.35. The molecule has 0 heterocycles. The van der Waals surface area contributed by atoms with Crippen LogP contribution in [-0.2, 0) is 6.18 Å². The molecule has 1 aromatic carbocycles. The van der Waals surface area contributed by atoms with E-state index in [0.29, 0.717) is 6.07 Å². The highest BCUT2D eigenvalue weighted by atomic mass is 19.4. The maximum atomic E-state index is 12.4. The van der Waals surface area contributed by atoms with Crippen LogP contribution in [0.15, 0.2) is 12.1 Å². The molecule has 0 atom stereocenters. The minimum atomic E-state index is -4.89. The molecule has 1 aromatic rings. The molecule has 0 aromatic heterocycles. The zero-order chi connectivity index (χ0) is 14.1. The van der Waals surface area contributed by atoms with Crippen molar-refractivity contribution in [2.24, 2.45) is 5.73 Å². The summed E-state index contributed by atoms with van der Waals surface area (Å²) >= 11 is 0. The van der Waals surface area contributed by atoms with Crippen LogP contribution in [0.5, 0.6) is 0 Å².